The molecule has 142 valence electrons. The summed E-state index contributed by atoms with van der Waals surface area (Å²) in [6.45, 7) is 1.55. The van der Waals surface area contributed by atoms with Crippen LogP contribution in [0.25, 0.3) is 0 Å². The van der Waals surface area contributed by atoms with Gasteiger partial charge >= 0.3 is 13.8 Å². The fourth-order valence-electron chi connectivity index (χ4n) is 2.19. The van der Waals surface area contributed by atoms with Crippen LogP contribution in [0.1, 0.15) is 36.1 Å². The maximum atomic E-state index is 11.3. The number of carboxylic acids is 1. The number of pyridine rings is 1. The molecule has 0 fully saturated rings. The molecule has 10 nitrogen and oxygen atoms in total. The second kappa shape index (κ2) is 9.81. The van der Waals surface area contributed by atoms with Gasteiger partial charge in [-0.3, -0.25) is 14.3 Å². The lowest BCUT2D eigenvalue weighted by atomic mass is 10.1. The normalized spacial score (nSPS) is 13.0. The Morgan fingerprint density at radius 1 is 1.44 bits per heavy atom. The highest BCUT2D eigenvalue weighted by molar-refractivity contribution is 7.46. The second-order valence-corrected chi connectivity index (χ2v) is 6.76. The molecule has 1 heterocycles. The smallest absolute Gasteiger partial charge is 0.469 e. The van der Waals surface area contributed by atoms with Gasteiger partial charge in [-0.25, -0.2) is 4.57 Å². The molecular weight excluding hydrogens is 353 g/mol. The van der Waals surface area contributed by atoms with Crippen LogP contribution in [0.15, 0.2) is 6.20 Å². The highest BCUT2D eigenvalue weighted by Crippen LogP contribution is 2.38. The summed E-state index contributed by atoms with van der Waals surface area (Å²) in [7, 11) is -4.69. The zero-order valence-corrected chi connectivity index (χ0v) is 14.8. The number of hydrogen-bond donors (Lipinski definition) is 6. The quantitative estimate of drug-likeness (QED) is 0.233. The second-order valence-electron chi connectivity index (χ2n) is 5.52. The minimum absolute atomic E-state index is 0.0192. The van der Waals surface area contributed by atoms with Gasteiger partial charge in [0.25, 0.3) is 0 Å². The van der Waals surface area contributed by atoms with Gasteiger partial charge < -0.3 is 31.1 Å². The van der Waals surface area contributed by atoms with E-state index in [0.717, 1.165) is 0 Å². The van der Waals surface area contributed by atoms with Crippen molar-refractivity contribution in [1.82, 2.24) is 10.3 Å². The van der Waals surface area contributed by atoms with Crippen LogP contribution in [0.3, 0.4) is 0 Å². The number of aliphatic carboxylic acids is 1. The Morgan fingerprint density at radius 3 is 2.68 bits per heavy atom. The molecule has 11 heteroatoms. The molecule has 0 aromatic carbocycles. The largest absolute Gasteiger partial charge is 0.506 e. The lowest BCUT2D eigenvalue weighted by molar-refractivity contribution is -0.139. The summed E-state index contributed by atoms with van der Waals surface area (Å²) in [5, 5.41) is 22.2. The van der Waals surface area contributed by atoms with Crippen LogP contribution in [0.2, 0.25) is 0 Å². The summed E-state index contributed by atoms with van der Waals surface area (Å²) < 4.78 is 15.3. The number of hydrogen-bond acceptors (Lipinski definition) is 7. The number of nitrogens with one attached hydrogen (secondary N) is 1. The molecule has 0 spiro atoms. The number of carbonyl (C=O) groups is 1. The van der Waals surface area contributed by atoms with E-state index in [1.54, 1.807) is 6.92 Å². The van der Waals surface area contributed by atoms with E-state index in [1.165, 1.54) is 6.20 Å². The molecule has 1 aromatic rings. The number of aryl methyl sites for hydroxylation is 1. The first-order chi connectivity index (χ1) is 11.7. The lowest BCUT2D eigenvalue weighted by Crippen LogP contribution is -2.36. The molecule has 0 radical (unpaired) electrons. The van der Waals surface area contributed by atoms with Gasteiger partial charge in [0, 0.05) is 23.9 Å². The molecule has 1 aromatic heterocycles. The van der Waals surface area contributed by atoms with Crippen molar-refractivity contribution in [3.05, 3.63) is 23.0 Å². The molecule has 0 bridgehead atoms. The molecule has 1 rings (SSSR count). The summed E-state index contributed by atoms with van der Waals surface area (Å²) in [4.78, 5) is 32.8. The molecule has 7 N–H and O–H groups in total. The van der Waals surface area contributed by atoms with Gasteiger partial charge in [-0.2, -0.15) is 0 Å². The zero-order chi connectivity index (χ0) is 19.0. The van der Waals surface area contributed by atoms with Crippen LogP contribution < -0.4 is 11.1 Å². The predicted molar refractivity (Wildman–Crippen MR) is 88.6 cm³/mol. The van der Waals surface area contributed by atoms with Crippen molar-refractivity contribution in [3.8, 4) is 5.75 Å². The van der Waals surface area contributed by atoms with E-state index in [1.807, 2.05) is 0 Å². The van der Waals surface area contributed by atoms with E-state index in [4.69, 9.17) is 15.5 Å². The van der Waals surface area contributed by atoms with Crippen molar-refractivity contribution in [2.24, 2.45) is 5.73 Å². The fraction of sp³-hybridized carbons (Fsp3) is 0.571. The Morgan fingerprint density at radius 2 is 2.12 bits per heavy atom. The SMILES string of the molecule is Cc1ncc(COP(=O)(O)O)c(CNC(CCCCN)C(=O)O)c1O. The number of phosphoric acid groups is 1. The minimum atomic E-state index is -4.69. The maximum absolute atomic E-state index is 11.3. The summed E-state index contributed by atoms with van der Waals surface area (Å²) in [6.07, 6.45) is 3.03. The van der Waals surface area contributed by atoms with Crippen molar-refractivity contribution < 1.29 is 33.9 Å². The number of rotatable bonds is 11. The Balaban J connectivity index is 2.88. The third-order valence-electron chi connectivity index (χ3n) is 3.59. The lowest BCUT2D eigenvalue weighted by Gasteiger charge is -2.18. The number of carboxylic acid groups (broad SMARTS) is 1. The molecule has 0 saturated carbocycles. The molecule has 0 amide bonds. The molecule has 0 aliphatic carbocycles. The Bertz CT molecular complexity index is 635. The van der Waals surface area contributed by atoms with E-state index >= 15 is 0 Å². The number of aromatic hydroxyl groups is 1. The molecule has 25 heavy (non-hydrogen) atoms. The highest BCUT2D eigenvalue weighted by atomic mass is 31.2. The molecule has 0 saturated heterocycles. The fourth-order valence-corrected chi connectivity index (χ4v) is 2.50. The van der Waals surface area contributed by atoms with Crippen molar-refractivity contribution in [2.45, 2.75) is 45.4 Å². The van der Waals surface area contributed by atoms with Crippen molar-refractivity contribution >= 4 is 13.8 Å². The van der Waals surface area contributed by atoms with E-state index < -0.39 is 26.4 Å². The first-order valence-corrected chi connectivity index (χ1v) is 9.21. The van der Waals surface area contributed by atoms with Gasteiger partial charge in [0.15, 0.2) is 0 Å². The standard InChI is InChI=1S/C14H24N3O7P/c1-9-13(18)11(10(6-16-9)8-24-25(21,22)23)7-17-12(14(19)20)4-2-3-5-15/h6,12,17-18H,2-5,7-8,15H2,1H3,(H,19,20)(H2,21,22,23). The number of aromatic nitrogens is 1. The molecule has 0 aliphatic rings. The van der Waals surface area contributed by atoms with Crippen LogP contribution in [0, 0.1) is 6.92 Å². The summed E-state index contributed by atoms with van der Waals surface area (Å²) in [5.41, 5.74) is 6.24. The average molecular weight is 377 g/mol. The number of nitrogens with zero attached hydrogens (tertiary/aromatic N) is 1. The van der Waals surface area contributed by atoms with E-state index in [2.05, 4.69) is 14.8 Å². The monoisotopic (exact) mass is 377 g/mol. The minimum Gasteiger partial charge on any atom is -0.506 e. The van der Waals surface area contributed by atoms with Crippen LogP contribution in [0.5, 0.6) is 5.75 Å². The van der Waals surface area contributed by atoms with E-state index in [9.17, 15) is 19.6 Å². The van der Waals surface area contributed by atoms with Gasteiger partial charge in [0.1, 0.15) is 11.8 Å². The Labute approximate surface area is 145 Å². The number of nitrogens with two attached hydrogens (primary N) is 1. The van der Waals surface area contributed by atoms with E-state index in [-0.39, 0.29) is 23.4 Å². The maximum Gasteiger partial charge on any atom is 0.469 e. The number of phosphoric ester groups is 1. The van der Waals surface area contributed by atoms with Crippen molar-refractivity contribution in [2.75, 3.05) is 6.54 Å². The first kappa shape index (κ1) is 21.5. The zero-order valence-electron chi connectivity index (χ0n) is 13.9. The average Bonchev–Trinajstić information content (AvgIpc) is 2.52. The number of unbranched alkanes of at least 4 members (excludes halogenated alkanes) is 1. The van der Waals surface area contributed by atoms with Crippen LogP contribution in [-0.4, -0.2) is 43.5 Å². The summed E-state index contributed by atoms with van der Waals surface area (Å²) in [5.74, 6) is -1.21. The first-order valence-electron chi connectivity index (χ1n) is 7.68. The topological polar surface area (TPSA) is 175 Å². The summed E-state index contributed by atoms with van der Waals surface area (Å²) in [6, 6.07) is -0.838. The molecule has 1 unspecified atom stereocenters. The van der Waals surface area contributed by atoms with Crippen LogP contribution in [0.4, 0.5) is 0 Å². The molecule has 0 aliphatic heterocycles. The Kier molecular flexibility index (Phi) is 8.43. The van der Waals surface area contributed by atoms with Gasteiger partial charge in [-0.15, -0.1) is 0 Å². The van der Waals surface area contributed by atoms with Crippen LogP contribution in [-0.2, 0) is 27.0 Å². The molecular formula is C14H24N3O7P. The van der Waals surface area contributed by atoms with Crippen molar-refractivity contribution in [3.63, 3.8) is 0 Å². The summed E-state index contributed by atoms with van der Waals surface area (Å²) >= 11 is 0. The van der Waals surface area contributed by atoms with Gasteiger partial charge in [0.2, 0.25) is 0 Å². The van der Waals surface area contributed by atoms with Crippen LogP contribution >= 0.6 is 7.82 Å². The van der Waals surface area contributed by atoms with Gasteiger partial charge in [-0.05, 0) is 26.3 Å². The van der Waals surface area contributed by atoms with Crippen molar-refractivity contribution in [1.29, 1.82) is 0 Å². The van der Waals surface area contributed by atoms with Gasteiger partial charge in [0.05, 0.1) is 12.3 Å². The third-order valence-corrected chi connectivity index (χ3v) is 4.05. The van der Waals surface area contributed by atoms with Gasteiger partial charge in [-0.1, -0.05) is 6.42 Å². The Hall–Kier alpha value is -1.55. The van der Waals surface area contributed by atoms with E-state index in [0.29, 0.717) is 31.5 Å². The predicted octanol–water partition coefficient (Wildman–Crippen LogP) is 0.377. The third kappa shape index (κ3) is 7.47. The highest BCUT2D eigenvalue weighted by Gasteiger charge is 2.21. The molecule has 1 atom stereocenters.